The number of thiocarbonyl (C=S) groups is 1. The van der Waals surface area contributed by atoms with Gasteiger partial charge in [0.1, 0.15) is 10.5 Å². The number of thioether (sulfide) groups is 1. The average Bonchev–Trinajstić information content (AvgIpc) is 2.58. The predicted molar refractivity (Wildman–Crippen MR) is 84.9 cm³/mol. The van der Waals surface area contributed by atoms with Crippen molar-refractivity contribution in [3.05, 3.63) is 30.3 Å². The van der Waals surface area contributed by atoms with Crippen LogP contribution in [0, 0.1) is 0 Å². The van der Waals surface area contributed by atoms with E-state index in [0.29, 0.717) is 15.1 Å². The lowest BCUT2D eigenvalue weighted by Gasteiger charge is -2.34. The van der Waals surface area contributed by atoms with Crippen LogP contribution in [0.2, 0.25) is 0 Å². The first kappa shape index (κ1) is 15.1. The van der Waals surface area contributed by atoms with Crippen molar-refractivity contribution >= 4 is 40.0 Å². The van der Waals surface area contributed by atoms with Crippen LogP contribution in [0.1, 0.15) is 13.8 Å². The summed E-state index contributed by atoms with van der Waals surface area (Å²) in [6.07, 6.45) is -0.510. The Morgan fingerprint density at radius 1 is 1.45 bits per heavy atom. The van der Waals surface area contributed by atoms with E-state index >= 15 is 0 Å². The highest BCUT2D eigenvalue weighted by molar-refractivity contribution is 8.24. The highest BCUT2D eigenvalue weighted by Gasteiger charge is 2.47. The largest absolute Gasteiger partial charge is 0.347 e. The van der Waals surface area contributed by atoms with Crippen LogP contribution in [-0.2, 0) is 0 Å². The third-order valence-electron chi connectivity index (χ3n) is 3.09. The molecule has 5 nitrogen and oxygen atoms in total. The highest BCUT2D eigenvalue weighted by atomic mass is 32.2. The molecule has 2 N–H and O–H groups in total. The molecule has 1 aromatic carbocycles. The SMILES string of the molecule is CN1C(=S)SC(C)(C)[C@@H]1N(O)C(=O)Nc1ccccc1. The van der Waals surface area contributed by atoms with Gasteiger partial charge >= 0.3 is 6.03 Å². The number of urea groups is 1. The van der Waals surface area contributed by atoms with Gasteiger partial charge < -0.3 is 10.2 Å². The van der Waals surface area contributed by atoms with Gasteiger partial charge in [0.25, 0.3) is 0 Å². The lowest BCUT2D eigenvalue weighted by atomic mass is 10.1. The number of rotatable bonds is 2. The summed E-state index contributed by atoms with van der Waals surface area (Å²) in [4.78, 5) is 13.9. The maximum absolute atomic E-state index is 12.1. The summed E-state index contributed by atoms with van der Waals surface area (Å²) in [5, 5.41) is 13.6. The van der Waals surface area contributed by atoms with Gasteiger partial charge in [-0.1, -0.05) is 42.2 Å². The van der Waals surface area contributed by atoms with Crippen LogP contribution in [0.5, 0.6) is 0 Å². The van der Waals surface area contributed by atoms with Crippen LogP contribution in [0.4, 0.5) is 10.5 Å². The minimum atomic E-state index is -0.577. The lowest BCUT2D eigenvalue weighted by Crippen LogP contribution is -2.54. The van der Waals surface area contributed by atoms with Gasteiger partial charge in [0.2, 0.25) is 0 Å². The first-order valence-corrected chi connectivity index (χ1v) is 7.35. The van der Waals surface area contributed by atoms with E-state index < -0.39 is 12.2 Å². The van der Waals surface area contributed by atoms with Crippen molar-refractivity contribution in [3.63, 3.8) is 0 Å². The summed E-state index contributed by atoms with van der Waals surface area (Å²) in [5.41, 5.74) is 0.630. The number of carbonyl (C=O) groups excluding carboxylic acids is 1. The Labute approximate surface area is 127 Å². The van der Waals surface area contributed by atoms with Crippen LogP contribution >= 0.6 is 24.0 Å². The van der Waals surface area contributed by atoms with Crippen molar-refractivity contribution in [1.29, 1.82) is 0 Å². The molecule has 1 fully saturated rings. The van der Waals surface area contributed by atoms with Crippen molar-refractivity contribution in [2.75, 3.05) is 12.4 Å². The third-order valence-corrected chi connectivity index (χ3v) is 4.83. The molecule has 0 radical (unpaired) electrons. The van der Waals surface area contributed by atoms with Crippen molar-refractivity contribution in [3.8, 4) is 0 Å². The topological polar surface area (TPSA) is 55.8 Å². The van der Waals surface area contributed by atoms with Gasteiger partial charge in [0.15, 0.2) is 0 Å². The van der Waals surface area contributed by atoms with Gasteiger partial charge in [0, 0.05) is 12.7 Å². The molecular formula is C13H17N3O2S2. The molecule has 20 heavy (non-hydrogen) atoms. The maximum Gasteiger partial charge on any atom is 0.347 e. The van der Waals surface area contributed by atoms with E-state index in [1.807, 2.05) is 32.0 Å². The lowest BCUT2D eigenvalue weighted by molar-refractivity contribution is -0.110. The molecule has 0 unspecified atom stereocenters. The Kier molecular flexibility index (Phi) is 4.22. The second kappa shape index (κ2) is 5.59. The fraction of sp³-hybridized carbons (Fsp3) is 0.385. The van der Waals surface area contributed by atoms with E-state index in [2.05, 4.69) is 5.32 Å². The molecule has 1 aliphatic rings. The Bertz CT molecular complexity index is 522. The monoisotopic (exact) mass is 311 g/mol. The quantitative estimate of drug-likeness (QED) is 0.499. The molecule has 1 heterocycles. The number of nitrogens with one attached hydrogen (secondary N) is 1. The Hall–Kier alpha value is -1.31. The molecule has 1 atom stereocenters. The zero-order chi connectivity index (χ0) is 14.9. The summed E-state index contributed by atoms with van der Waals surface area (Å²) in [6.45, 7) is 3.88. The zero-order valence-electron chi connectivity index (χ0n) is 11.5. The first-order valence-electron chi connectivity index (χ1n) is 6.13. The van der Waals surface area contributed by atoms with E-state index in [9.17, 15) is 10.0 Å². The standard InChI is InChI=1S/C13H17N3O2S2/c1-13(2)10(15(3)12(19)20-13)16(18)11(17)14-9-7-5-4-6-8-9/h4-8,10,18H,1-3H3,(H,14,17)/t10-/m0/s1. The van der Waals surface area contributed by atoms with E-state index in [0.717, 1.165) is 0 Å². The van der Waals surface area contributed by atoms with Gasteiger partial charge in [-0.05, 0) is 26.0 Å². The molecule has 1 saturated heterocycles. The molecule has 0 bridgehead atoms. The highest BCUT2D eigenvalue weighted by Crippen LogP contribution is 2.41. The number of hydrogen-bond donors (Lipinski definition) is 2. The number of amides is 2. The normalized spacial score (nSPS) is 20.9. The number of anilines is 1. The molecule has 0 aromatic heterocycles. The van der Waals surface area contributed by atoms with Crippen LogP contribution in [0.25, 0.3) is 0 Å². The minimum Gasteiger partial charge on any atom is -0.337 e. The molecule has 0 aliphatic carbocycles. The van der Waals surface area contributed by atoms with E-state index in [4.69, 9.17) is 12.2 Å². The van der Waals surface area contributed by atoms with Gasteiger partial charge in [-0.15, -0.1) is 0 Å². The zero-order valence-corrected chi connectivity index (χ0v) is 13.2. The molecule has 7 heteroatoms. The smallest absolute Gasteiger partial charge is 0.337 e. The van der Waals surface area contributed by atoms with Gasteiger partial charge in [-0.25, -0.2) is 4.79 Å². The van der Waals surface area contributed by atoms with Gasteiger partial charge in [0.05, 0.1) is 4.75 Å². The Morgan fingerprint density at radius 2 is 2.05 bits per heavy atom. The summed E-state index contributed by atoms with van der Waals surface area (Å²) < 4.78 is 0.279. The van der Waals surface area contributed by atoms with E-state index in [1.165, 1.54) is 11.8 Å². The number of hydrogen-bond acceptors (Lipinski definition) is 4. The Morgan fingerprint density at radius 3 is 2.55 bits per heavy atom. The molecular weight excluding hydrogens is 294 g/mol. The van der Waals surface area contributed by atoms with Gasteiger partial charge in [-0.2, -0.15) is 5.06 Å². The molecule has 1 aliphatic heterocycles. The number of hydroxylamine groups is 2. The second-order valence-corrected chi connectivity index (χ2v) is 7.38. The molecule has 0 spiro atoms. The molecule has 0 saturated carbocycles. The average molecular weight is 311 g/mol. The van der Waals surface area contributed by atoms with E-state index in [1.54, 1.807) is 24.1 Å². The van der Waals surface area contributed by atoms with Crippen molar-refractivity contribution in [1.82, 2.24) is 9.96 Å². The van der Waals surface area contributed by atoms with Crippen LogP contribution in [0.15, 0.2) is 30.3 Å². The number of para-hydroxylation sites is 1. The summed E-state index contributed by atoms with van der Waals surface area (Å²) in [5.74, 6) is 0. The number of benzene rings is 1. The molecule has 2 amide bonds. The minimum absolute atomic E-state index is 0.380. The fourth-order valence-electron chi connectivity index (χ4n) is 2.19. The van der Waals surface area contributed by atoms with Crippen molar-refractivity contribution in [2.24, 2.45) is 0 Å². The maximum atomic E-state index is 12.1. The molecule has 1 aromatic rings. The third kappa shape index (κ3) is 2.89. The molecule has 2 rings (SSSR count). The second-order valence-electron chi connectivity index (χ2n) is 5.10. The van der Waals surface area contributed by atoms with Crippen molar-refractivity contribution in [2.45, 2.75) is 24.8 Å². The van der Waals surface area contributed by atoms with Crippen molar-refractivity contribution < 1.29 is 10.0 Å². The number of carbonyl (C=O) groups is 1. The van der Waals surface area contributed by atoms with Crippen LogP contribution in [0.3, 0.4) is 0 Å². The van der Waals surface area contributed by atoms with Gasteiger partial charge in [-0.3, -0.25) is 5.21 Å². The summed E-state index contributed by atoms with van der Waals surface area (Å²) in [6, 6.07) is 8.42. The molecule has 108 valence electrons. The predicted octanol–water partition coefficient (Wildman–Crippen LogP) is 2.98. The summed E-state index contributed by atoms with van der Waals surface area (Å²) in [7, 11) is 1.77. The van der Waals surface area contributed by atoms with E-state index in [-0.39, 0.29) is 4.75 Å². The first-order chi connectivity index (χ1) is 9.33. The Balaban J connectivity index is 2.12. The van der Waals surface area contributed by atoms with Crippen LogP contribution < -0.4 is 5.32 Å². The summed E-state index contributed by atoms with van der Waals surface area (Å²) >= 11 is 6.69. The number of nitrogens with zero attached hydrogens (tertiary/aromatic N) is 2. The fourth-order valence-corrected chi connectivity index (χ4v) is 3.99. The van der Waals surface area contributed by atoms with Crippen LogP contribution in [-0.4, -0.2) is 43.5 Å².